The summed E-state index contributed by atoms with van der Waals surface area (Å²) in [5.74, 6) is 0. The Morgan fingerprint density at radius 2 is 2.09 bits per heavy atom. The van der Waals surface area contributed by atoms with Gasteiger partial charge in [-0.25, -0.2) is 0 Å². The van der Waals surface area contributed by atoms with Crippen molar-refractivity contribution < 1.29 is 0 Å². The molecule has 1 atom stereocenters. The summed E-state index contributed by atoms with van der Waals surface area (Å²) in [4.78, 5) is 0. The highest BCUT2D eigenvalue weighted by Gasteiger charge is 2.04. The Morgan fingerprint density at radius 3 is 2.55 bits per heavy atom. The maximum Gasteiger partial charge on any atom is 0.0438 e. The van der Waals surface area contributed by atoms with Gasteiger partial charge < -0.3 is 5.73 Å². The van der Waals surface area contributed by atoms with E-state index in [1.165, 1.54) is 0 Å². The smallest absolute Gasteiger partial charge is 0.0438 e. The molecule has 0 aliphatic rings. The molecular weight excluding hydrogens is 158 g/mol. The predicted molar refractivity (Wildman–Crippen MR) is 48.8 cm³/mol. The van der Waals surface area contributed by atoms with E-state index in [-0.39, 0.29) is 6.04 Å². The molecule has 0 fully saturated rings. The zero-order chi connectivity index (χ0) is 8.43. The number of benzene rings is 1. The van der Waals surface area contributed by atoms with Crippen molar-refractivity contribution in [2.24, 2.45) is 5.73 Å². The third kappa shape index (κ3) is 1.73. The van der Waals surface area contributed by atoms with Gasteiger partial charge in [0.05, 0.1) is 0 Å². The Bertz CT molecular complexity index is 256. The molecule has 0 aliphatic carbocycles. The molecule has 2 heteroatoms. The van der Waals surface area contributed by atoms with Crippen LogP contribution in [0.15, 0.2) is 18.2 Å². The summed E-state index contributed by atoms with van der Waals surface area (Å²) < 4.78 is 0. The Kier molecular flexibility index (Phi) is 2.53. The molecule has 0 saturated carbocycles. The fourth-order valence-electron chi connectivity index (χ4n) is 1.12. The summed E-state index contributed by atoms with van der Waals surface area (Å²) in [5, 5.41) is 0.791. The van der Waals surface area contributed by atoms with Gasteiger partial charge in [0.2, 0.25) is 0 Å². The van der Waals surface area contributed by atoms with Crippen LogP contribution in [0.3, 0.4) is 0 Å². The second-order valence-electron chi connectivity index (χ2n) is 2.74. The molecule has 1 unspecified atom stereocenters. The highest BCUT2D eigenvalue weighted by atomic mass is 35.5. The molecule has 1 aromatic carbocycles. The monoisotopic (exact) mass is 169 g/mol. The molecule has 1 nitrogen and oxygen atoms in total. The molecule has 0 saturated heterocycles. The van der Waals surface area contributed by atoms with Crippen LogP contribution in [0.25, 0.3) is 0 Å². The van der Waals surface area contributed by atoms with Gasteiger partial charge in [-0.1, -0.05) is 23.7 Å². The molecule has 0 radical (unpaired) electrons. The summed E-state index contributed by atoms with van der Waals surface area (Å²) in [5.41, 5.74) is 7.93. The van der Waals surface area contributed by atoms with Gasteiger partial charge in [-0.05, 0) is 31.0 Å². The van der Waals surface area contributed by atoms with Crippen molar-refractivity contribution in [2.75, 3.05) is 0 Å². The molecule has 0 amide bonds. The van der Waals surface area contributed by atoms with E-state index in [1.807, 2.05) is 32.0 Å². The average Bonchev–Trinajstić information content (AvgIpc) is 1.94. The minimum atomic E-state index is 0.0636. The Balaban J connectivity index is 3.17. The van der Waals surface area contributed by atoms with Crippen molar-refractivity contribution >= 4 is 11.6 Å². The number of hydrogen-bond donors (Lipinski definition) is 1. The van der Waals surface area contributed by atoms with E-state index >= 15 is 0 Å². The van der Waals surface area contributed by atoms with Crippen LogP contribution in [0.2, 0.25) is 5.02 Å². The third-order valence-electron chi connectivity index (χ3n) is 1.80. The molecule has 0 bridgehead atoms. The van der Waals surface area contributed by atoms with E-state index in [0.717, 1.165) is 16.1 Å². The van der Waals surface area contributed by atoms with Crippen LogP contribution in [0.4, 0.5) is 0 Å². The highest BCUT2D eigenvalue weighted by Crippen LogP contribution is 2.22. The number of hydrogen-bond acceptors (Lipinski definition) is 1. The topological polar surface area (TPSA) is 26.0 Å². The molecule has 11 heavy (non-hydrogen) atoms. The zero-order valence-corrected chi connectivity index (χ0v) is 7.52. The first-order chi connectivity index (χ1) is 5.13. The van der Waals surface area contributed by atoms with Gasteiger partial charge in [0.15, 0.2) is 0 Å². The van der Waals surface area contributed by atoms with Crippen LogP contribution in [0.5, 0.6) is 0 Å². The Hall–Kier alpha value is -0.530. The van der Waals surface area contributed by atoms with E-state index in [4.69, 9.17) is 17.3 Å². The third-order valence-corrected chi connectivity index (χ3v) is 2.21. The predicted octanol–water partition coefficient (Wildman–Crippen LogP) is 2.67. The molecule has 0 aromatic heterocycles. The fourth-order valence-corrected chi connectivity index (χ4v) is 1.30. The first-order valence-corrected chi connectivity index (χ1v) is 4.01. The molecule has 0 heterocycles. The van der Waals surface area contributed by atoms with Gasteiger partial charge in [0, 0.05) is 11.1 Å². The van der Waals surface area contributed by atoms with Gasteiger partial charge in [-0.2, -0.15) is 0 Å². The number of nitrogens with two attached hydrogens (primary N) is 1. The maximum atomic E-state index is 5.90. The number of halogens is 1. The number of rotatable bonds is 1. The Morgan fingerprint density at radius 1 is 1.45 bits per heavy atom. The van der Waals surface area contributed by atoms with Crippen molar-refractivity contribution in [1.29, 1.82) is 0 Å². The zero-order valence-electron chi connectivity index (χ0n) is 6.76. The van der Waals surface area contributed by atoms with Gasteiger partial charge in [0.25, 0.3) is 0 Å². The van der Waals surface area contributed by atoms with E-state index in [0.29, 0.717) is 0 Å². The van der Waals surface area contributed by atoms with Crippen LogP contribution in [-0.2, 0) is 0 Å². The van der Waals surface area contributed by atoms with E-state index in [9.17, 15) is 0 Å². The quantitative estimate of drug-likeness (QED) is 0.688. The summed E-state index contributed by atoms with van der Waals surface area (Å²) in [6.45, 7) is 3.94. The molecule has 0 aliphatic heterocycles. The lowest BCUT2D eigenvalue weighted by Gasteiger charge is -2.09. The van der Waals surface area contributed by atoms with Crippen LogP contribution in [0, 0.1) is 6.92 Å². The fraction of sp³-hybridized carbons (Fsp3) is 0.333. The van der Waals surface area contributed by atoms with Crippen molar-refractivity contribution in [3.63, 3.8) is 0 Å². The minimum Gasteiger partial charge on any atom is -0.324 e. The van der Waals surface area contributed by atoms with Gasteiger partial charge in [-0.15, -0.1) is 0 Å². The highest BCUT2D eigenvalue weighted by molar-refractivity contribution is 6.31. The lowest BCUT2D eigenvalue weighted by Crippen LogP contribution is -2.06. The lowest BCUT2D eigenvalue weighted by molar-refractivity contribution is 0.810. The second-order valence-corrected chi connectivity index (χ2v) is 3.15. The first-order valence-electron chi connectivity index (χ1n) is 3.63. The summed E-state index contributed by atoms with van der Waals surface area (Å²) in [6, 6.07) is 5.87. The average molecular weight is 170 g/mol. The molecule has 0 spiro atoms. The summed E-state index contributed by atoms with van der Waals surface area (Å²) in [7, 11) is 0. The first kappa shape index (κ1) is 8.57. The van der Waals surface area contributed by atoms with E-state index in [2.05, 4.69) is 0 Å². The van der Waals surface area contributed by atoms with Crippen LogP contribution >= 0.6 is 11.6 Å². The summed E-state index contributed by atoms with van der Waals surface area (Å²) >= 11 is 5.90. The van der Waals surface area contributed by atoms with Crippen LogP contribution in [-0.4, -0.2) is 0 Å². The second kappa shape index (κ2) is 3.24. The van der Waals surface area contributed by atoms with E-state index < -0.39 is 0 Å². The molecule has 1 rings (SSSR count). The SMILES string of the molecule is Cc1c(Cl)cccc1C(C)N. The van der Waals surface area contributed by atoms with Crippen molar-refractivity contribution in [2.45, 2.75) is 19.9 Å². The van der Waals surface area contributed by atoms with Crippen LogP contribution in [0.1, 0.15) is 24.1 Å². The van der Waals surface area contributed by atoms with Gasteiger partial charge >= 0.3 is 0 Å². The van der Waals surface area contributed by atoms with Crippen molar-refractivity contribution in [3.8, 4) is 0 Å². The minimum absolute atomic E-state index is 0.0636. The molecule has 2 N–H and O–H groups in total. The molecule has 60 valence electrons. The largest absolute Gasteiger partial charge is 0.324 e. The molecular formula is C9H12ClN. The van der Waals surface area contributed by atoms with Crippen LogP contribution < -0.4 is 5.73 Å². The summed E-state index contributed by atoms with van der Waals surface area (Å²) in [6.07, 6.45) is 0. The van der Waals surface area contributed by atoms with Crippen molar-refractivity contribution in [1.82, 2.24) is 0 Å². The van der Waals surface area contributed by atoms with Gasteiger partial charge in [0.1, 0.15) is 0 Å². The lowest BCUT2D eigenvalue weighted by atomic mass is 10.0. The van der Waals surface area contributed by atoms with E-state index in [1.54, 1.807) is 0 Å². The normalized spacial score (nSPS) is 13.1. The standard InChI is InChI=1S/C9H12ClN/c1-6-8(7(2)11)4-3-5-9(6)10/h3-5,7H,11H2,1-2H3. The Labute approximate surface area is 72.2 Å². The van der Waals surface area contributed by atoms with Gasteiger partial charge in [-0.3, -0.25) is 0 Å². The molecule has 1 aromatic rings. The maximum absolute atomic E-state index is 5.90. The van der Waals surface area contributed by atoms with Crippen molar-refractivity contribution in [3.05, 3.63) is 34.3 Å².